The minimum Gasteiger partial charge on any atom is -0.368 e. The molecule has 0 spiro atoms. The molecule has 3 aromatic rings. The van der Waals surface area contributed by atoms with Crippen molar-refractivity contribution in [1.82, 2.24) is 19.7 Å². The Bertz CT molecular complexity index is 681. The van der Waals surface area contributed by atoms with Crippen LogP contribution in [0, 0.1) is 5.82 Å². The van der Waals surface area contributed by atoms with E-state index in [9.17, 15) is 4.39 Å². The fourth-order valence-corrected chi connectivity index (χ4v) is 1.91. The van der Waals surface area contributed by atoms with E-state index < -0.39 is 0 Å². The first-order chi connectivity index (χ1) is 9.34. The number of fused-ring (bicyclic) bond motifs is 1. The number of rotatable bonds is 4. The monoisotopic (exact) mass is 257 g/mol. The maximum absolute atomic E-state index is 13.6. The topological polar surface area (TPSA) is 55.6 Å². The van der Waals surface area contributed by atoms with Crippen LogP contribution >= 0.6 is 0 Å². The van der Waals surface area contributed by atoms with Crippen molar-refractivity contribution in [2.75, 3.05) is 11.9 Å². The minimum absolute atomic E-state index is 0.332. The number of nitrogens with zero attached hydrogens (tertiary/aromatic N) is 4. The molecule has 0 aliphatic rings. The van der Waals surface area contributed by atoms with Crippen molar-refractivity contribution in [2.45, 2.75) is 6.54 Å². The Hall–Kier alpha value is -2.50. The average molecular weight is 257 g/mol. The molecule has 0 fully saturated rings. The molecule has 2 heterocycles. The van der Waals surface area contributed by atoms with Crippen molar-refractivity contribution >= 4 is 16.7 Å². The third-order valence-corrected chi connectivity index (χ3v) is 2.81. The van der Waals surface area contributed by atoms with E-state index in [1.165, 1.54) is 12.4 Å². The molecule has 6 heteroatoms. The summed E-state index contributed by atoms with van der Waals surface area (Å²) in [5.74, 6) is 0.298. The van der Waals surface area contributed by atoms with Crippen LogP contribution in [0.4, 0.5) is 10.2 Å². The molecule has 0 amide bonds. The zero-order valence-corrected chi connectivity index (χ0v) is 10.1. The van der Waals surface area contributed by atoms with Crippen LogP contribution in [0.3, 0.4) is 0 Å². The molecule has 0 saturated carbocycles. The number of benzene rings is 1. The molecular formula is C13H12FN5. The zero-order valence-electron chi connectivity index (χ0n) is 10.1. The number of aromatic nitrogens is 4. The highest BCUT2D eigenvalue weighted by atomic mass is 19.1. The van der Waals surface area contributed by atoms with Crippen LogP contribution in [-0.4, -0.2) is 26.3 Å². The summed E-state index contributed by atoms with van der Waals surface area (Å²) in [5, 5.41) is 7.97. The van der Waals surface area contributed by atoms with Crippen LogP contribution in [0.15, 0.2) is 43.0 Å². The van der Waals surface area contributed by atoms with E-state index in [4.69, 9.17) is 0 Å². The molecule has 5 nitrogen and oxygen atoms in total. The largest absolute Gasteiger partial charge is 0.368 e. The Balaban J connectivity index is 1.79. The molecular weight excluding hydrogens is 245 g/mol. The highest BCUT2D eigenvalue weighted by molar-refractivity contribution is 5.89. The lowest BCUT2D eigenvalue weighted by molar-refractivity contribution is 0.634. The summed E-state index contributed by atoms with van der Waals surface area (Å²) in [6, 6.07) is 6.71. The molecule has 0 saturated heterocycles. The van der Waals surface area contributed by atoms with E-state index in [-0.39, 0.29) is 5.82 Å². The van der Waals surface area contributed by atoms with Crippen molar-refractivity contribution in [2.24, 2.45) is 0 Å². The van der Waals surface area contributed by atoms with Crippen molar-refractivity contribution in [3.63, 3.8) is 0 Å². The van der Waals surface area contributed by atoms with Gasteiger partial charge in [-0.05, 0) is 18.2 Å². The summed E-state index contributed by atoms with van der Waals surface area (Å²) in [6.07, 6.45) is 4.98. The SMILES string of the molecule is Fc1cccc2c(NCCn3cccn3)ncnc12. The molecule has 0 aliphatic carbocycles. The number of para-hydroxylation sites is 1. The molecule has 0 atom stereocenters. The summed E-state index contributed by atoms with van der Waals surface area (Å²) >= 11 is 0. The molecule has 3 rings (SSSR count). The zero-order chi connectivity index (χ0) is 13.1. The molecule has 0 bridgehead atoms. The second kappa shape index (κ2) is 5.01. The second-order valence-corrected chi connectivity index (χ2v) is 4.05. The van der Waals surface area contributed by atoms with Gasteiger partial charge in [-0.25, -0.2) is 14.4 Å². The molecule has 96 valence electrons. The van der Waals surface area contributed by atoms with Gasteiger partial charge in [-0.15, -0.1) is 0 Å². The minimum atomic E-state index is -0.338. The van der Waals surface area contributed by atoms with Crippen LogP contribution in [-0.2, 0) is 6.54 Å². The number of hydrogen-bond acceptors (Lipinski definition) is 4. The average Bonchev–Trinajstić information content (AvgIpc) is 2.93. The standard InChI is InChI=1S/C13H12FN5/c14-11-4-1-3-10-12(11)16-9-17-13(10)15-6-8-19-7-2-5-18-19/h1-5,7,9H,6,8H2,(H,15,16,17). The quantitative estimate of drug-likeness (QED) is 0.777. The van der Waals surface area contributed by atoms with Crippen molar-refractivity contribution in [1.29, 1.82) is 0 Å². The van der Waals surface area contributed by atoms with E-state index in [2.05, 4.69) is 20.4 Å². The Morgan fingerprint density at radius 3 is 3.00 bits per heavy atom. The van der Waals surface area contributed by atoms with Crippen molar-refractivity contribution in [3.8, 4) is 0 Å². The van der Waals surface area contributed by atoms with Crippen LogP contribution in [0.1, 0.15) is 0 Å². The van der Waals surface area contributed by atoms with Crippen LogP contribution < -0.4 is 5.32 Å². The third-order valence-electron chi connectivity index (χ3n) is 2.81. The molecule has 1 N–H and O–H groups in total. The fourth-order valence-electron chi connectivity index (χ4n) is 1.91. The molecule has 0 radical (unpaired) electrons. The first-order valence-electron chi connectivity index (χ1n) is 5.95. The molecule has 0 unspecified atom stereocenters. The van der Waals surface area contributed by atoms with Gasteiger partial charge in [-0.1, -0.05) is 6.07 Å². The number of hydrogen-bond donors (Lipinski definition) is 1. The van der Waals surface area contributed by atoms with Crippen molar-refractivity contribution in [3.05, 3.63) is 48.8 Å². The molecule has 0 aliphatic heterocycles. The maximum atomic E-state index is 13.6. The molecule has 2 aromatic heterocycles. The summed E-state index contributed by atoms with van der Waals surface area (Å²) in [6.45, 7) is 1.37. The van der Waals surface area contributed by atoms with Crippen LogP contribution in [0.2, 0.25) is 0 Å². The number of nitrogens with one attached hydrogen (secondary N) is 1. The van der Waals surface area contributed by atoms with Gasteiger partial charge in [0.15, 0.2) is 0 Å². The van der Waals surface area contributed by atoms with Gasteiger partial charge in [0.1, 0.15) is 23.5 Å². The maximum Gasteiger partial charge on any atom is 0.149 e. The Labute approximate surface area is 109 Å². The number of anilines is 1. The van der Waals surface area contributed by atoms with Gasteiger partial charge in [0, 0.05) is 24.3 Å². The summed E-state index contributed by atoms with van der Waals surface area (Å²) < 4.78 is 15.4. The van der Waals surface area contributed by atoms with Gasteiger partial charge in [-0.3, -0.25) is 4.68 Å². The van der Waals surface area contributed by atoms with Gasteiger partial charge < -0.3 is 5.32 Å². The lowest BCUT2D eigenvalue weighted by Gasteiger charge is -2.08. The highest BCUT2D eigenvalue weighted by Crippen LogP contribution is 2.20. The third kappa shape index (κ3) is 2.37. The summed E-state index contributed by atoms with van der Waals surface area (Å²) in [7, 11) is 0. The van der Waals surface area contributed by atoms with Gasteiger partial charge in [-0.2, -0.15) is 5.10 Å². The van der Waals surface area contributed by atoms with Gasteiger partial charge in [0.05, 0.1) is 6.54 Å². The van der Waals surface area contributed by atoms with E-state index in [0.29, 0.717) is 29.8 Å². The van der Waals surface area contributed by atoms with Gasteiger partial charge >= 0.3 is 0 Å². The summed E-state index contributed by atoms with van der Waals surface area (Å²) in [5.41, 5.74) is 0.332. The second-order valence-electron chi connectivity index (χ2n) is 4.05. The van der Waals surface area contributed by atoms with E-state index in [1.54, 1.807) is 18.3 Å². The Kier molecular flexibility index (Phi) is 3.06. The predicted octanol–water partition coefficient (Wildman–Crippen LogP) is 2.08. The van der Waals surface area contributed by atoms with Crippen LogP contribution in [0.5, 0.6) is 0 Å². The van der Waals surface area contributed by atoms with E-state index >= 15 is 0 Å². The van der Waals surface area contributed by atoms with E-state index in [1.807, 2.05) is 16.9 Å². The smallest absolute Gasteiger partial charge is 0.149 e. The van der Waals surface area contributed by atoms with Crippen molar-refractivity contribution < 1.29 is 4.39 Å². The van der Waals surface area contributed by atoms with E-state index in [0.717, 1.165) is 0 Å². The Morgan fingerprint density at radius 2 is 2.16 bits per heavy atom. The highest BCUT2D eigenvalue weighted by Gasteiger charge is 2.06. The lowest BCUT2D eigenvalue weighted by Crippen LogP contribution is -2.12. The lowest BCUT2D eigenvalue weighted by atomic mass is 10.2. The molecule has 1 aromatic carbocycles. The summed E-state index contributed by atoms with van der Waals surface area (Å²) in [4.78, 5) is 8.10. The van der Waals surface area contributed by atoms with Gasteiger partial charge in [0.2, 0.25) is 0 Å². The Morgan fingerprint density at radius 1 is 1.21 bits per heavy atom. The van der Waals surface area contributed by atoms with Crippen LogP contribution in [0.25, 0.3) is 10.9 Å². The molecule has 19 heavy (non-hydrogen) atoms. The van der Waals surface area contributed by atoms with Gasteiger partial charge in [0.25, 0.3) is 0 Å². The fraction of sp³-hybridized carbons (Fsp3) is 0.154. The predicted molar refractivity (Wildman–Crippen MR) is 70.2 cm³/mol. The number of halogens is 1. The normalized spacial score (nSPS) is 10.8. The first-order valence-corrected chi connectivity index (χ1v) is 5.95. The first kappa shape index (κ1) is 11.6.